The Hall–Kier alpha value is -2.11. The van der Waals surface area contributed by atoms with Crippen molar-refractivity contribution in [3.8, 4) is 11.5 Å². The van der Waals surface area contributed by atoms with Crippen LogP contribution in [0, 0.1) is 5.21 Å². The summed E-state index contributed by atoms with van der Waals surface area (Å²) in [5.41, 5.74) is 1.86. The molecule has 1 unspecified atom stereocenters. The molecule has 1 atom stereocenters. The molecule has 11 heteroatoms. The van der Waals surface area contributed by atoms with Crippen LogP contribution in [-0.2, 0) is 0 Å². The highest BCUT2D eigenvalue weighted by molar-refractivity contribution is 6.13. The van der Waals surface area contributed by atoms with Gasteiger partial charge in [-0.2, -0.15) is 9.87 Å². The summed E-state index contributed by atoms with van der Waals surface area (Å²) < 4.78 is 10.7. The highest BCUT2D eigenvalue weighted by Gasteiger charge is 2.25. The summed E-state index contributed by atoms with van der Waals surface area (Å²) in [6, 6.07) is 9.08. The van der Waals surface area contributed by atoms with E-state index in [1.807, 2.05) is 24.3 Å². The summed E-state index contributed by atoms with van der Waals surface area (Å²) >= 11 is 0. The lowest BCUT2D eigenvalue weighted by atomic mass is 10.0. The molecular formula is C20H29Cl2N4O5+. The highest BCUT2D eigenvalue weighted by atomic mass is 35.5. The number of para-hydroxylation sites is 1. The fraction of sp³-hybridized carbons (Fsp3) is 0.350. The van der Waals surface area contributed by atoms with Gasteiger partial charge in [0.2, 0.25) is 5.69 Å². The number of fused-ring (bicyclic) bond motifs is 2. The number of hydroxylamine groups is 3. The summed E-state index contributed by atoms with van der Waals surface area (Å²) in [6.07, 6.45) is 0.686. The second-order valence-corrected chi connectivity index (χ2v) is 7.31. The molecule has 0 saturated carbocycles. The molecule has 0 aliphatic heterocycles. The number of methoxy groups -OCH3 is 2. The summed E-state index contributed by atoms with van der Waals surface area (Å²) in [4.78, 5) is 4.67. The van der Waals surface area contributed by atoms with Crippen LogP contribution in [0.2, 0.25) is 0 Å². The SMILES string of the molecule is COc1cc(OC)c2nc3ccccc3c(NCCC[N+](C)(C)O)c2c1[NH+]([O-])O.Cl.Cl. The van der Waals surface area contributed by atoms with Crippen molar-refractivity contribution in [2.24, 2.45) is 0 Å². The highest BCUT2D eigenvalue weighted by Crippen LogP contribution is 2.43. The van der Waals surface area contributed by atoms with E-state index in [9.17, 15) is 15.6 Å². The van der Waals surface area contributed by atoms with Crippen LogP contribution >= 0.6 is 24.8 Å². The van der Waals surface area contributed by atoms with Crippen molar-refractivity contribution >= 4 is 58.0 Å². The third-order valence-electron chi connectivity index (χ3n) is 4.72. The van der Waals surface area contributed by atoms with Crippen LogP contribution in [0.25, 0.3) is 21.8 Å². The molecular weight excluding hydrogens is 447 g/mol. The quantitative estimate of drug-likeness (QED) is 0.171. The summed E-state index contributed by atoms with van der Waals surface area (Å²) in [6.45, 7) is 1.09. The lowest BCUT2D eigenvalue weighted by Gasteiger charge is -2.22. The number of halogens is 2. The molecule has 31 heavy (non-hydrogen) atoms. The summed E-state index contributed by atoms with van der Waals surface area (Å²) in [7, 11) is 6.35. The molecule has 1 heterocycles. The van der Waals surface area contributed by atoms with Gasteiger partial charge in [0, 0.05) is 24.4 Å². The lowest BCUT2D eigenvalue weighted by Crippen LogP contribution is -2.99. The number of nitrogens with zero attached hydrogens (tertiary/aromatic N) is 2. The van der Waals surface area contributed by atoms with E-state index in [0.717, 1.165) is 10.9 Å². The third-order valence-corrected chi connectivity index (χ3v) is 4.72. The fourth-order valence-electron chi connectivity index (χ4n) is 3.41. The number of ether oxygens (including phenoxy) is 2. The maximum atomic E-state index is 12.1. The van der Waals surface area contributed by atoms with Crippen LogP contribution in [0.3, 0.4) is 0 Å². The predicted molar refractivity (Wildman–Crippen MR) is 124 cm³/mol. The largest absolute Gasteiger partial charge is 0.595 e. The van der Waals surface area contributed by atoms with Gasteiger partial charge in [-0.25, -0.2) is 15.4 Å². The summed E-state index contributed by atoms with van der Waals surface area (Å²) in [5, 5.41) is 35.4. The predicted octanol–water partition coefficient (Wildman–Crippen LogP) is 2.92. The Labute approximate surface area is 193 Å². The number of quaternary nitrogens is 2. The molecule has 0 spiro atoms. The first-order valence-electron chi connectivity index (χ1n) is 9.27. The Kier molecular flexibility index (Phi) is 9.52. The lowest BCUT2D eigenvalue weighted by molar-refractivity contribution is -1.07. The first kappa shape index (κ1) is 26.9. The maximum Gasteiger partial charge on any atom is 0.218 e. The number of anilines is 1. The molecule has 0 aliphatic rings. The van der Waals surface area contributed by atoms with Gasteiger partial charge in [0.1, 0.15) is 17.8 Å². The van der Waals surface area contributed by atoms with Gasteiger partial charge in [-0.3, -0.25) is 0 Å². The second-order valence-electron chi connectivity index (χ2n) is 7.31. The van der Waals surface area contributed by atoms with E-state index in [0.29, 0.717) is 41.9 Å². The van der Waals surface area contributed by atoms with Crippen molar-refractivity contribution in [3.05, 3.63) is 35.5 Å². The van der Waals surface area contributed by atoms with Gasteiger partial charge < -0.3 is 20.0 Å². The molecule has 172 valence electrons. The van der Waals surface area contributed by atoms with Gasteiger partial charge in [-0.15, -0.1) is 24.8 Å². The van der Waals surface area contributed by atoms with Crippen molar-refractivity contribution in [3.63, 3.8) is 0 Å². The van der Waals surface area contributed by atoms with Gasteiger partial charge in [0.15, 0.2) is 5.75 Å². The number of benzene rings is 2. The number of nitrogens with one attached hydrogen (secondary N) is 2. The Morgan fingerprint density at radius 3 is 2.35 bits per heavy atom. The Balaban J connectivity index is 0.00000240. The first-order valence-corrected chi connectivity index (χ1v) is 9.27. The van der Waals surface area contributed by atoms with Crippen molar-refractivity contribution in [1.29, 1.82) is 0 Å². The fourth-order valence-corrected chi connectivity index (χ4v) is 3.41. The Morgan fingerprint density at radius 2 is 1.77 bits per heavy atom. The Morgan fingerprint density at radius 1 is 1.13 bits per heavy atom. The average molecular weight is 476 g/mol. The molecule has 0 amide bonds. The number of pyridine rings is 1. The van der Waals surface area contributed by atoms with E-state index < -0.39 is 5.23 Å². The van der Waals surface area contributed by atoms with Crippen molar-refractivity contribution in [1.82, 2.24) is 4.98 Å². The summed E-state index contributed by atoms with van der Waals surface area (Å²) in [5.74, 6) is 0.638. The van der Waals surface area contributed by atoms with Gasteiger partial charge in [-0.05, 0) is 6.07 Å². The number of hydrogen-bond donors (Lipinski definition) is 4. The number of rotatable bonds is 8. The van der Waals surface area contributed by atoms with Gasteiger partial charge >= 0.3 is 0 Å². The zero-order valence-corrected chi connectivity index (χ0v) is 19.5. The van der Waals surface area contributed by atoms with Crippen LogP contribution in [-0.4, -0.2) is 61.4 Å². The molecule has 0 bridgehead atoms. The van der Waals surface area contributed by atoms with Crippen LogP contribution in [0.1, 0.15) is 6.42 Å². The van der Waals surface area contributed by atoms with Crippen LogP contribution in [0.4, 0.5) is 11.4 Å². The normalized spacial score (nSPS) is 12.1. The molecule has 3 rings (SSSR count). The molecule has 0 fully saturated rings. The van der Waals surface area contributed by atoms with Crippen LogP contribution in [0.5, 0.6) is 11.5 Å². The van der Waals surface area contributed by atoms with Crippen LogP contribution in [0.15, 0.2) is 30.3 Å². The molecule has 1 aromatic heterocycles. The van der Waals surface area contributed by atoms with E-state index in [-0.39, 0.29) is 40.9 Å². The maximum absolute atomic E-state index is 12.1. The molecule has 2 aromatic carbocycles. The van der Waals surface area contributed by atoms with E-state index in [2.05, 4.69) is 10.3 Å². The zero-order chi connectivity index (χ0) is 21.2. The number of aromatic nitrogens is 1. The minimum atomic E-state index is -1.11. The Bertz CT molecular complexity index is 1030. The van der Waals surface area contributed by atoms with Crippen molar-refractivity contribution in [2.75, 3.05) is 46.7 Å². The molecule has 4 N–H and O–H groups in total. The molecule has 0 aliphatic carbocycles. The van der Waals surface area contributed by atoms with Crippen LogP contribution < -0.4 is 20.0 Å². The monoisotopic (exact) mass is 475 g/mol. The van der Waals surface area contributed by atoms with E-state index in [1.165, 1.54) is 14.2 Å². The van der Waals surface area contributed by atoms with Gasteiger partial charge in [0.05, 0.1) is 44.9 Å². The van der Waals surface area contributed by atoms with Gasteiger partial charge in [0.25, 0.3) is 0 Å². The molecule has 0 radical (unpaired) electrons. The van der Waals surface area contributed by atoms with E-state index in [1.54, 1.807) is 20.2 Å². The molecule has 9 nitrogen and oxygen atoms in total. The minimum Gasteiger partial charge on any atom is -0.595 e. The minimum absolute atomic E-state index is 0. The second kappa shape index (κ2) is 11.0. The van der Waals surface area contributed by atoms with E-state index in [4.69, 9.17) is 9.47 Å². The average Bonchev–Trinajstić information content (AvgIpc) is 2.68. The van der Waals surface area contributed by atoms with Gasteiger partial charge in [-0.1, -0.05) is 18.2 Å². The smallest absolute Gasteiger partial charge is 0.218 e. The zero-order valence-electron chi connectivity index (χ0n) is 17.8. The first-order chi connectivity index (χ1) is 13.8. The standard InChI is InChI=1S/C20H27N4O5.2ClH/c1-24(2,27)11-7-10-21-18-13-8-5-6-9-14(13)22-19-15(28-3)12-16(29-4)20(17(18)19)23(25)26;;/h5-6,8-9,12,23,25,27H,7,10-11H2,1-4H3,(H,21,22);2*1H/q+1;;. The topological polar surface area (TPSA) is 111 Å². The number of hydrogen-bond acceptors (Lipinski definition) is 7. The van der Waals surface area contributed by atoms with E-state index >= 15 is 0 Å². The van der Waals surface area contributed by atoms with Crippen molar-refractivity contribution in [2.45, 2.75) is 6.42 Å². The molecule has 3 aromatic rings. The third kappa shape index (κ3) is 5.78. The molecule has 0 saturated heterocycles. The van der Waals surface area contributed by atoms with Crippen molar-refractivity contribution < 1.29 is 29.8 Å².